The molecule has 2 aromatic rings. The summed E-state index contributed by atoms with van der Waals surface area (Å²) in [4.78, 5) is 4.20. The molecule has 1 aliphatic rings. The Hall–Kier alpha value is -1.54. The molecule has 0 N–H and O–H groups in total. The first-order valence-electron chi connectivity index (χ1n) is 7.79. The Kier molecular flexibility index (Phi) is 3.77. The van der Waals surface area contributed by atoms with E-state index in [0.717, 1.165) is 0 Å². The van der Waals surface area contributed by atoms with Crippen LogP contribution in [0.2, 0.25) is 0 Å². The van der Waals surface area contributed by atoms with Crippen molar-refractivity contribution in [2.24, 2.45) is 0 Å². The number of nitrogens with zero attached hydrogens (tertiary/aromatic N) is 2. The summed E-state index contributed by atoms with van der Waals surface area (Å²) < 4.78 is 51.6. The molecular formula is C16H20BF3N2O2. The molecule has 0 amide bonds. The minimum absolute atomic E-state index is 0.327. The molecule has 1 saturated heterocycles. The van der Waals surface area contributed by atoms with Crippen molar-refractivity contribution in [3.8, 4) is 0 Å². The molecule has 4 nitrogen and oxygen atoms in total. The van der Waals surface area contributed by atoms with Gasteiger partial charge in [0.25, 0.3) is 0 Å². The maximum Gasteiger partial charge on any atom is 0.494 e. The predicted octanol–water partition coefficient (Wildman–Crippen LogP) is 3.21. The standard InChI is InChI=1S/C16H20BF3N2O2/c1-10-21-12-7-6-11(8-13(12)22(10)9-16(18,19)20)17-23-14(2,3)15(4,5)24-17/h6-8H,9H2,1-5H3. The summed E-state index contributed by atoms with van der Waals surface area (Å²) in [5.74, 6) is 0.327. The molecular weight excluding hydrogens is 320 g/mol. The predicted molar refractivity (Wildman–Crippen MR) is 86.2 cm³/mol. The second-order valence-corrected chi connectivity index (χ2v) is 7.20. The summed E-state index contributed by atoms with van der Waals surface area (Å²) in [6, 6.07) is 5.16. The summed E-state index contributed by atoms with van der Waals surface area (Å²) in [5, 5.41) is 0. The Morgan fingerprint density at radius 2 is 1.71 bits per heavy atom. The van der Waals surface area contributed by atoms with Crippen LogP contribution < -0.4 is 5.46 Å². The number of hydrogen-bond donors (Lipinski definition) is 0. The number of aryl methyl sites for hydroxylation is 1. The van der Waals surface area contributed by atoms with Gasteiger partial charge < -0.3 is 13.9 Å². The van der Waals surface area contributed by atoms with Crippen LogP contribution in [0.4, 0.5) is 13.2 Å². The SMILES string of the molecule is Cc1nc2ccc(B3OC(C)(C)C(C)(C)O3)cc2n1CC(F)(F)F. The van der Waals surface area contributed by atoms with Gasteiger partial charge in [-0.05, 0) is 52.2 Å². The van der Waals surface area contributed by atoms with Gasteiger partial charge in [-0.25, -0.2) is 4.98 Å². The average Bonchev–Trinajstić information content (AvgIpc) is 2.82. The molecule has 0 saturated carbocycles. The molecule has 3 rings (SSSR count). The van der Waals surface area contributed by atoms with Crippen LogP contribution in [0.1, 0.15) is 33.5 Å². The van der Waals surface area contributed by atoms with Crippen molar-refractivity contribution in [3.63, 3.8) is 0 Å². The quantitative estimate of drug-likeness (QED) is 0.788. The average molecular weight is 340 g/mol. The molecule has 8 heteroatoms. The van der Waals surface area contributed by atoms with E-state index in [0.29, 0.717) is 22.3 Å². The minimum Gasteiger partial charge on any atom is -0.399 e. The second kappa shape index (κ2) is 5.23. The molecule has 24 heavy (non-hydrogen) atoms. The van der Waals surface area contributed by atoms with Crippen molar-refractivity contribution in [1.82, 2.24) is 9.55 Å². The molecule has 0 aliphatic carbocycles. The minimum atomic E-state index is -4.31. The summed E-state index contributed by atoms with van der Waals surface area (Å²) in [6.07, 6.45) is -4.31. The van der Waals surface area contributed by atoms with E-state index >= 15 is 0 Å². The molecule has 0 bridgehead atoms. The first-order valence-corrected chi connectivity index (χ1v) is 7.79. The van der Waals surface area contributed by atoms with Crippen LogP contribution in [0.3, 0.4) is 0 Å². The molecule has 0 atom stereocenters. The van der Waals surface area contributed by atoms with Gasteiger partial charge in [0.1, 0.15) is 12.4 Å². The van der Waals surface area contributed by atoms with Crippen molar-refractivity contribution < 1.29 is 22.5 Å². The van der Waals surface area contributed by atoms with Gasteiger partial charge in [-0.2, -0.15) is 13.2 Å². The highest BCUT2D eigenvalue weighted by Gasteiger charge is 2.51. The van der Waals surface area contributed by atoms with E-state index in [2.05, 4.69) is 4.98 Å². The zero-order chi connectivity index (χ0) is 17.9. The van der Waals surface area contributed by atoms with Gasteiger partial charge in [-0.1, -0.05) is 6.07 Å². The lowest BCUT2D eigenvalue weighted by Crippen LogP contribution is -2.41. The summed E-state index contributed by atoms with van der Waals surface area (Å²) in [7, 11) is -0.617. The highest BCUT2D eigenvalue weighted by atomic mass is 19.4. The maximum absolute atomic E-state index is 12.8. The smallest absolute Gasteiger partial charge is 0.399 e. The highest BCUT2D eigenvalue weighted by Crippen LogP contribution is 2.36. The van der Waals surface area contributed by atoms with E-state index < -0.39 is 31.0 Å². The molecule has 1 aliphatic heterocycles. The summed E-state index contributed by atoms with van der Waals surface area (Å²) in [5.41, 5.74) is 0.627. The van der Waals surface area contributed by atoms with Crippen LogP contribution in [-0.2, 0) is 15.9 Å². The molecule has 0 unspecified atom stereocenters. The number of fused-ring (bicyclic) bond motifs is 1. The number of imidazole rings is 1. The fourth-order valence-corrected chi connectivity index (χ4v) is 2.76. The van der Waals surface area contributed by atoms with Gasteiger partial charge in [0.2, 0.25) is 0 Å². The lowest BCUT2D eigenvalue weighted by atomic mass is 9.79. The summed E-state index contributed by atoms with van der Waals surface area (Å²) >= 11 is 0. The van der Waals surface area contributed by atoms with Crippen molar-refractivity contribution in [2.75, 3.05) is 0 Å². The van der Waals surface area contributed by atoms with E-state index in [-0.39, 0.29) is 0 Å². The second-order valence-electron chi connectivity index (χ2n) is 7.20. The van der Waals surface area contributed by atoms with Crippen LogP contribution in [0.25, 0.3) is 11.0 Å². The van der Waals surface area contributed by atoms with Crippen molar-refractivity contribution in [1.29, 1.82) is 0 Å². The zero-order valence-corrected chi connectivity index (χ0v) is 14.4. The first-order chi connectivity index (χ1) is 10.9. The van der Waals surface area contributed by atoms with Crippen LogP contribution in [0, 0.1) is 6.92 Å². The van der Waals surface area contributed by atoms with Crippen molar-refractivity contribution >= 4 is 23.6 Å². The normalized spacial score (nSPS) is 20.1. The monoisotopic (exact) mass is 340 g/mol. The molecule has 1 fully saturated rings. The third kappa shape index (κ3) is 2.93. The van der Waals surface area contributed by atoms with Crippen LogP contribution in [0.15, 0.2) is 18.2 Å². The number of rotatable bonds is 2. The van der Waals surface area contributed by atoms with Crippen molar-refractivity contribution in [3.05, 3.63) is 24.0 Å². The number of hydrogen-bond acceptors (Lipinski definition) is 3. The van der Waals surface area contributed by atoms with Crippen LogP contribution >= 0.6 is 0 Å². The van der Waals surface area contributed by atoms with E-state index in [1.807, 2.05) is 27.7 Å². The molecule has 0 spiro atoms. The Morgan fingerprint density at radius 3 is 2.25 bits per heavy atom. The fourth-order valence-electron chi connectivity index (χ4n) is 2.76. The van der Waals surface area contributed by atoms with Gasteiger partial charge in [0, 0.05) is 0 Å². The van der Waals surface area contributed by atoms with Crippen molar-refractivity contribution in [2.45, 2.75) is 58.5 Å². The van der Waals surface area contributed by atoms with Gasteiger partial charge in [-0.15, -0.1) is 0 Å². The molecule has 0 radical (unpaired) electrons. The highest BCUT2D eigenvalue weighted by molar-refractivity contribution is 6.62. The van der Waals surface area contributed by atoms with E-state index in [9.17, 15) is 13.2 Å². The van der Waals surface area contributed by atoms with Crippen LogP contribution in [-0.4, -0.2) is 34.0 Å². The molecule has 130 valence electrons. The van der Waals surface area contributed by atoms with E-state index in [1.54, 1.807) is 25.1 Å². The lowest BCUT2D eigenvalue weighted by molar-refractivity contribution is -0.140. The molecule has 1 aromatic carbocycles. The number of halogens is 3. The van der Waals surface area contributed by atoms with Gasteiger partial charge >= 0.3 is 13.3 Å². The Balaban J connectivity index is 2.01. The Morgan fingerprint density at radius 1 is 1.12 bits per heavy atom. The number of alkyl halides is 3. The third-order valence-electron chi connectivity index (χ3n) is 4.83. The number of aromatic nitrogens is 2. The fraction of sp³-hybridized carbons (Fsp3) is 0.562. The van der Waals surface area contributed by atoms with Crippen LogP contribution in [0.5, 0.6) is 0 Å². The van der Waals surface area contributed by atoms with Gasteiger partial charge in [0.05, 0.1) is 22.2 Å². The Bertz CT molecular complexity index is 767. The molecule has 1 aromatic heterocycles. The zero-order valence-electron chi connectivity index (χ0n) is 14.4. The first kappa shape index (κ1) is 17.3. The van der Waals surface area contributed by atoms with Gasteiger partial charge in [0.15, 0.2) is 0 Å². The summed E-state index contributed by atoms with van der Waals surface area (Å²) in [6.45, 7) is 8.24. The van der Waals surface area contributed by atoms with Gasteiger partial charge in [-0.3, -0.25) is 0 Å². The number of benzene rings is 1. The lowest BCUT2D eigenvalue weighted by Gasteiger charge is -2.32. The largest absolute Gasteiger partial charge is 0.494 e. The Labute approximate surface area is 139 Å². The maximum atomic E-state index is 12.8. The van der Waals surface area contributed by atoms with E-state index in [4.69, 9.17) is 9.31 Å². The topological polar surface area (TPSA) is 36.3 Å². The van der Waals surface area contributed by atoms with E-state index in [1.165, 1.54) is 4.57 Å². The molecule has 2 heterocycles. The third-order valence-corrected chi connectivity index (χ3v) is 4.83.